The topological polar surface area (TPSA) is 46.5 Å². The average molecular weight is 423 g/mol. The van der Waals surface area contributed by atoms with Crippen LogP contribution in [-0.4, -0.2) is 30.3 Å². The first kappa shape index (κ1) is 21.6. The van der Waals surface area contributed by atoms with E-state index >= 15 is 0 Å². The zero-order valence-electron chi connectivity index (χ0n) is 16.4. The highest BCUT2D eigenvalue weighted by Gasteiger charge is 2.50. The van der Waals surface area contributed by atoms with Crippen LogP contribution in [0.25, 0.3) is 11.1 Å². The molecule has 30 heavy (non-hydrogen) atoms. The Balaban J connectivity index is 2.15. The number of alkyl halides is 3. The van der Waals surface area contributed by atoms with E-state index in [0.717, 1.165) is 0 Å². The Morgan fingerprint density at radius 2 is 1.90 bits per heavy atom. The number of ether oxygens (including phenoxy) is 1. The second-order valence-corrected chi connectivity index (χ2v) is 6.94. The summed E-state index contributed by atoms with van der Waals surface area (Å²) in [5.74, 6) is 3.61. The minimum Gasteiger partial charge on any atom is -0.452 e. The lowest BCUT2D eigenvalue weighted by Crippen LogP contribution is -2.47. The highest BCUT2D eigenvalue weighted by Crippen LogP contribution is 2.42. The lowest BCUT2D eigenvalue weighted by Gasteiger charge is -2.36. The minimum absolute atomic E-state index is 0.0175. The maximum absolute atomic E-state index is 14.7. The van der Waals surface area contributed by atoms with Crippen LogP contribution >= 0.6 is 0 Å². The maximum Gasteiger partial charge on any atom is 0.425 e. The SMILES string of the molecule is CC#Cc1cncc(-c2cc([C@]3(C)C[C@@H](C(F)(F)F)OC(NC)=N3)c(F)cc2F)c1. The minimum atomic E-state index is -4.68. The molecule has 2 heterocycles. The Kier molecular flexibility index (Phi) is 5.70. The van der Waals surface area contributed by atoms with Gasteiger partial charge in [0.15, 0.2) is 6.10 Å². The number of nitrogens with one attached hydrogen (secondary N) is 1. The van der Waals surface area contributed by atoms with Crippen molar-refractivity contribution in [3.63, 3.8) is 0 Å². The van der Waals surface area contributed by atoms with Gasteiger partial charge in [0.2, 0.25) is 0 Å². The van der Waals surface area contributed by atoms with Gasteiger partial charge in [0.25, 0.3) is 6.02 Å². The highest BCUT2D eigenvalue weighted by atomic mass is 19.4. The van der Waals surface area contributed by atoms with Crippen molar-refractivity contribution in [2.24, 2.45) is 4.99 Å². The zero-order chi connectivity index (χ0) is 22.1. The monoisotopic (exact) mass is 423 g/mol. The molecule has 0 saturated heterocycles. The second-order valence-electron chi connectivity index (χ2n) is 6.94. The van der Waals surface area contributed by atoms with Gasteiger partial charge in [-0.15, -0.1) is 5.92 Å². The van der Waals surface area contributed by atoms with E-state index < -0.39 is 35.9 Å². The first-order chi connectivity index (χ1) is 14.1. The summed E-state index contributed by atoms with van der Waals surface area (Å²) < 4.78 is 74.2. The average Bonchev–Trinajstić information content (AvgIpc) is 2.67. The number of aliphatic imine (C=N–C) groups is 1. The van der Waals surface area contributed by atoms with Crippen LogP contribution in [0.1, 0.15) is 31.4 Å². The largest absolute Gasteiger partial charge is 0.452 e. The number of aromatic nitrogens is 1. The molecule has 0 unspecified atom stereocenters. The van der Waals surface area contributed by atoms with Crippen LogP contribution in [0.2, 0.25) is 0 Å². The van der Waals surface area contributed by atoms with Gasteiger partial charge in [-0.05, 0) is 26.0 Å². The van der Waals surface area contributed by atoms with Gasteiger partial charge < -0.3 is 10.1 Å². The first-order valence-corrected chi connectivity index (χ1v) is 8.96. The van der Waals surface area contributed by atoms with Crippen LogP contribution < -0.4 is 5.32 Å². The molecule has 1 N–H and O–H groups in total. The van der Waals surface area contributed by atoms with Crippen molar-refractivity contribution in [2.75, 3.05) is 7.05 Å². The number of benzene rings is 1. The van der Waals surface area contributed by atoms with Crippen LogP contribution in [0.5, 0.6) is 0 Å². The predicted octanol–water partition coefficient (Wildman–Crippen LogP) is 4.54. The summed E-state index contributed by atoms with van der Waals surface area (Å²) in [6.07, 6.45) is -4.69. The molecule has 1 aromatic heterocycles. The molecule has 0 aliphatic carbocycles. The Bertz CT molecular complexity index is 1050. The molecule has 0 amide bonds. The molecule has 0 saturated carbocycles. The second kappa shape index (κ2) is 7.94. The quantitative estimate of drug-likeness (QED) is 0.570. The number of rotatable bonds is 2. The van der Waals surface area contributed by atoms with Gasteiger partial charge in [-0.25, -0.2) is 13.8 Å². The van der Waals surface area contributed by atoms with E-state index in [1.165, 1.54) is 32.4 Å². The molecule has 2 aromatic rings. The van der Waals surface area contributed by atoms with Crippen LogP contribution in [0.3, 0.4) is 0 Å². The highest BCUT2D eigenvalue weighted by molar-refractivity contribution is 5.75. The van der Waals surface area contributed by atoms with Gasteiger partial charge in [-0.3, -0.25) is 4.98 Å². The van der Waals surface area contributed by atoms with Crippen molar-refractivity contribution < 1.29 is 26.7 Å². The number of hydrogen-bond donors (Lipinski definition) is 1. The molecule has 0 fully saturated rings. The van der Waals surface area contributed by atoms with Crippen molar-refractivity contribution in [2.45, 2.75) is 38.1 Å². The van der Waals surface area contributed by atoms with Crippen LogP contribution in [0.4, 0.5) is 22.0 Å². The third kappa shape index (κ3) is 4.22. The fourth-order valence-electron chi connectivity index (χ4n) is 3.28. The summed E-state index contributed by atoms with van der Waals surface area (Å²) in [7, 11) is 1.34. The van der Waals surface area contributed by atoms with E-state index in [9.17, 15) is 22.0 Å². The summed E-state index contributed by atoms with van der Waals surface area (Å²) in [5, 5.41) is 2.44. The van der Waals surface area contributed by atoms with Crippen molar-refractivity contribution in [3.05, 3.63) is 53.4 Å². The summed E-state index contributed by atoms with van der Waals surface area (Å²) in [4.78, 5) is 8.12. The smallest absolute Gasteiger partial charge is 0.425 e. The van der Waals surface area contributed by atoms with Crippen LogP contribution in [0, 0.1) is 23.5 Å². The zero-order valence-corrected chi connectivity index (χ0v) is 16.4. The lowest BCUT2D eigenvalue weighted by molar-refractivity contribution is -0.208. The number of hydrogen-bond acceptors (Lipinski definition) is 4. The third-order valence-corrected chi connectivity index (χ3v) is 4.72. The standard InChI is InChI=1S/C21H18F5N3O/c1-4-5-12-6-13(11-28-10-12)14-7-15(17(23)8-16(14)22)20(2)9-18(21(24,25)26)30-19(27-3)29-20/h6-8,10-11,18H,9H2,1-3H3,(H,27,29)/t18-,20-/m0/s1. The summed E-state index contributed by atoms with van der Waals surface area (Å²) in [6, 6.07) is 3.00. The van der Waals surface area contributed by atoms with Gasteiger partial charge in [0.05, 0.1) is 5.54 Å². The maximum atomic E-state index is 14.7. The van der Waals surface area contributed by atoms with Crippen molar-refractivity contribution in [3.8, 4) is 23.0 Å². The Morgan fingerprint density at radius 1 is 1.17 bits per heavy atom. The predicted molar refractivity (Wildman–Crippen MR) is 102 cm³/mol. The number of amidine groups is 1. The lowest BCUT2D eigenvalue weighted by atomic mass is 9.84. The summed E-state index contributed by atoms with van der Waals surface area (Å²) in [6.45, 7) is 2.98. The van der Waals surface area contributed by atoms with Crippen molar-refractivity contribution >= 4 is 6.02 Å². The van der Waals surface area contributed by atoms with E-state index in [1.807, 2.05) is 0 Å². The van der Waals surface area contributed by atoms with Gasteiger partial charge in [-0.2, -0.15) is 13.2 Å². The van der Waals surface area contributed by atoms with E-state index in [4.69, 9.17) is 4.74 Å². The molecule has 3 rings (SSSR count). The number of pyridine rings is 1. The third-order valence-electron chi connectivity index (χ3n) is 4.72. The van der Waals surface area contributed by atoms with Gasteiger partial charge in [-0.1, -0.05) is 5.92 Å². The van der Waals surface area contributed by atoms with Crippen molar-refractivity contribution in [1.29, 1.82) is 0 Å². The Morgan fingerprint density at radius 3 is 2.53 bits per heavy atom. The first-order valence-electron chi connectivity index (χ1n) is 8.96. The molecule has 1 aromatic carbocycles. The van der Waals surface area contributed by atoms with Gasteiger partial charge in [0.1, 0.15) is 11.6 Å². The molecular weight excluding hydrogens is 405 g/mol. The molecule has 2 atom stereocenters. The summed E-state index contributed by atoms with van der Waals surface area (Å²) in [5.41, 5.74) is -1.01. The van der Waals surface area contributed by atoms with Gasteiger partial charge >= 0.3 is 6.18 Å². The van der Waals surface area contributed by atoms with Gasteiger partial charge in [0, 0.05) is 54.2 Å². The molecule has 0 radical (unpaired) electrons. The van der Waals surface area contributed by atoms with E-state index in [-0.39, 0.29) is 17.1 Å². The normalized spacial score (nSPS) is 21.2. The van der Waals surface area contributed by atoms with Crippen molar-refractivity contribution in [1.82, 2.24) is 10.3 Å². The Labute approximate surface area is 170 Å². The fourth-order valence-corrected chi connectivity index (χ4v) is 3.28. The van der Waals surface area contributed by atoms with Crippen LogP contribution in [0.15, 0.2) is 35.6 Å². The molecule has 1 aliphatic heterocycles. The Hall–Kier alpha value is -3.15. The number of nitrogens with zero attached hydrogens (tertiary/aromatic N) is 2. The molecule has 4 nitrogen and oxygen atoms in total. The fraction of sp³-hybridized carbons (Fsp3) is 0.333. The number of halogens is 5. The molecule has 1 aliphatic rings. The van der Waals surface area contributed by atoms with E-state index in [1.54, 1.807) is 13.0 Å². The van der Waals surface area contributed by atoms with E-state index in [2.05, 4.69) is 27.1 Å². The molecule has 0 bridgehead atoms. The molecule has 9 heteroatoms. The molecular formula is C21H18F5N3O. The summed E-state index contributed by atoms with van der Waals surface area (Å²) >= 11 is 0. The van der Waals surface area contributed by atoms with Crippen LogP contribution in [-0.2, 0) is 10.3 Å². The molecule has 0 spiro atoms. The molecule has 158 valence electrons. The van der Waals surface area contributed by atoms with E-state index in [0.29, 0.717) is 17.2 Å².